The number of aromatic nitrogens is 2. The second-order valence-corrected chi connectivity index (χ2v) is 3.80. The molecule has 0 fully saturated rings. The van der Waals surface area contributed by atoms with Gasteiger partial charge >= 0.3 is 0 Å². The highest BCUT2D eigenvalue weighted by Gasteiger charge is 2.22. The van der Waals surface area contributed by atoms with E-state index >= 15 is 0 Å². The summed E-state index contributed by atoms with van der Waals surface area (Å²) in [7, 11) is 0. The number of nitrogens with two attached hydrogens (primary N) is 1. The fourth-order valence-corrected chi connectivity index (χ4v) is 1.64. The SMILES string of the molecule is CC(C)n1cnc2c1C=C(N)CC2=O. The minimum absolute atomic E-state index is 0.0133. The summed E-state index contributed by atoms with van der Waals surface area (Å²) in [6, 6.07) is 0.293. The Balaban J connectivity index is 2.58. The van der Waals surface area contributed by atoms with E-state index in [1.165, 1.54) is 0 Å². The van der Waals surface area contributed by atoms with Crippen LogP contribution < -0.4 is 5.73 Å². The van der Waals surface area contributed by atoms with E-state index < -0.39 is 0 Å². The van der Waals surface area contributed by atoms with Gasteiger partial charge in [-0.1, -0.05) is 0 Å². The van der Waals surface area contributed by atoms with Crippen LogP contribution in [0.2, 0.25) is 0 Å². The molecule has 1 heterocycles. The van der Waals surface area contributed by atoms with E-state index in [4.69, 9.17) is 5.73 Å². The predicted octanol–water partition coefficient (Wildman–Crippen LogP) is 1.35. The van der Waals surface area contributed by atoms with Crippen molar-refractivity contribution in [2.45, 2.75) is 26.3 Å². The van der Waals surface area contributed by atoms with Gasteiger partial charge in [0.15, 0.2) is 5.78 Å². The molecule has 0 radical (unpaired) electrons. The van der Waals surface area contributed by atoms with Crippen molar-refractivity contribution in [2.75, 3.05) is 0 Å². The molecule has 1 aromatic rings. The molecule has 0 bridgehead atoms. The van der Waals surface area contributed by atoms with Gasteiger partial charge in [0.05, 0.1) is 18.4 Å². The van der Waals surface area contributed by atoms with Crippen LogP contribution in [-0.4, -0.2) is 15.3 Å². The summed E-state index contributed by atoms with van der Waals surface area (Å²) in [5.74, 6) is 0.0133. The second-order valence-electron chi connectivity index (χ2n) is 3.80. The van der Waals surface area contributed by atoms with Crippen LogP contribution in [0.5, 0.6) is 0 Å². The van der Waals surface area contributed by atoms with Gasteiger partial charge in [0.1, 0.15) is 5.69 Å². The lowest BCUT2D eigenvalue weighted by Crippen LogP contribution is -2.15. The summed E-state index contributed by atoms with van der Waals surface area (Å²) in [6.07, 6.45) is 3.83. The largest absolute Gasteiger partial charge is 0.402 e. The first-order valence-corrected chi connectivity index (χ1v) is 4.65. The van der Waals surface area contributed by atoms with Crippen LogP contribution in [0, 0.1) is 0 Å². The Hall–Kier alpha value is -1.58. The van der Waals surface area contributed by atoms with Crippen molar-refractivity contribution in [2.24, 2.45) is 5.73 Å². The lowest BCUT2D eigenvalue weighted by atomic mass is 10.0. The van der Waals surface area contributed by atoms with Crippen LogP contribution in [-0.2, 0) is 0 Å². The summed E-state index contributed by atoms with van der Waals surface area (Å²) >= 11 is 0. The summed E-state index contributed by atoms with van der Waals surface area (Å²) in [4.78, 5) is 15.6. The van der Waals surface area contributed by atoms with E-state index in [1.807, 2.05) is 24.5 Å². The van der Waals surface area contributed by atoms with Gasteiger partial charge < -0.3 is 10.3 Å². The second kappa shape index (κ2) is 2.97. The molecule has 0 unspecified atom stereocenters. The molecule has 2 rings (SSSR count). The van der Waals surface area contributed by atoms with Gasteiger partial charge in [0.25, 0.3) is 0 Å². The molecule has 1 aliphatic carbocycles. The molecule has 74 valence electrons. The topological polar surface area (TPSA) is 60.9 Å². The fourth-order valence-electron chi connectivity index (χ4n) is 1.64. The summed E-state index contributed by atoms with van der Waals surface area (Å²) in [6.45, 7) is 4.09. The highest BCUT2D eigenvalue weighted by Crippen LogP contribution is 2.22. The lowest BCUT2D eigenvalue weighted by molar-refractivity contribution is 0.0986. The maximum absolute atomic E-state index is 11.5. The zero-order valence-electron chi connectivity index (χ0n) is 8.32. The first-order valence-electron chi connectivity index (χ1n) is 4.65. The van der Waals surface area contributed by atoms with Crippen LogP contribution in [0.15, 0.2) is 12.0 Å². The minimum Gasteiger partial charge on any atom is -0.402 e. The number of rotatable bonds is 1. The van der Waals surface area contributed by atoms with E-state index in [0.717, 1.165) is 5.69 Å². The number of carbonyl (C=O) groups is 1. The number of Topliss-reactive ketones (excluding diaryl/α,β-unsaturated/α-hetero) is 1. The minimum atomic E-state index is 0.0133. The van der Waals surface area contributed by atoms with Gasteiger partial charge in [0.2, 0.25) is 0 Å². The molecule has 0 spiro atoms. The maximum atomic E-state index is 11.5. The Labute approximate surface area is 82.4 Å². The molecule has 0 saturated carbocycles. The van der Waals surface area contributed by atoms with Crippen LogP contribution in [0.1, 0.15) is 42.5 Å². The first kappa shape index (κ1) is 8.99. The van der Waals surface area contributed by atoms with Gasteiger partial charge in [-0.05, 0) is 19.9 Å². The molecule has 1 aliphatic rings. The molecule has 14 heavy (non-hydrogen) atoms. The number of fused-ring (bicyclic) bond motifs is 1. The molecule has 4 nitrogen and oxygen atoms in total. The average molecular weight is 191 g/mol. The van der Waals surface area contributed by atoms with Crippen molar-refractivity contribution >= 4 is 11.9 Å². The molecule has 0 atom stereocenters. The average Bonchev–Trinajstić information content (AvgIpc) is 2.47. The number of carbonyl (C=O) groups excluding carboxylic acids is 1. The summed E-state index contributed by atoms with van der Waals surface area (Å²) in [5.41, 5.74) is 7.67. The van der Waals surface area contributed by atoms with E-state index in [-0.39, 0.29) is 5.78 Å². The summed E-state index contributed by atoms with van der Waals surface area (Å²) < 4.78 is 1.96. The zero-order valence-corrected chi connectivity index (χ0v) is 8.32. The molecule has 4 heteroatoms. The van der Waals surface area contributed by atoms with Gasteiger partial charge in [0, 0.05) is 11.7 Å². The van der Waals surface area contributed by atoms with Crippen LogP contribution in [0.3, 0.4) is 0 Å². The van der Waals surface area contributed by atoms with Gasteiger partial charge in [-0.25, -0.2) is 4.98 Å². The van der Waals surface area contributed by atoms with Crippen molar-refractivity contribution < 1.29 is 4.79 Å². The van der Waals surface area contributed by atoms with Crippen molar-refractivity contribution in [1.29, 1.82) is 0 Å². The van der Waals surface area contributed by atoms with Crippen molar-refractivity contribution in [1.82, 2.24) is 9.55 Å². The molecule has 0 aliphatic heterocycles. The van der Waals surface area contributed by atoms with Crippen molar-refractivity contribution in [3.63, 3.8) is 0 Å². The van der Waals surface area contributed by atoms with Gasteiger partial charge in [-0.15, -0.1) is 0 Å². The van der Waals surface area contributed by atoms with Crippen molar-refractivity contribution in [3.05, 3.63) is 23.4 Å². The number of nitrogens with zero attached hydrogens (tertiary/aromatic N) is 2. The number of allylic oxidation sites excluding steroid dienone is 1. The predicted molar refractivity (Wildman–Crippen MR) is 53.7 cm³/mol. The van der Waals surface area contributed by atoms with E-state index in [1.54, 1.807) is 6.33 Å². The Bertz CT molecular complexity index is 415. The standard InChI is InChI=1S/C10H13N3O/c1-6(2)13-5-12-10-8(13)3-7(11)4-9(10)14/h3,5-6H,4,11H2,1-2H3. The third kappa shape index (κ3) is 1.23. The Morgan fingerprint density at radius 1 is 1.57 bits per heavy atom. The monoisotopic (exact) mass is 191 g/mol. The third-order valence-electron chi connectivity index (χ3n) is 2.34. The Kier molecular flexibility index (Phi) is 1.91. The number of hydrogen-bond acceptors (Lipinski definition) is 3. The number of imidazole rings is 1. The van der Waals surface area contributed by atoms with Crippen LogP contribution in [0.25, 0.3) is 6.08 Å². The first-order chi connectivity index (χ1) is 6.59. The molecule has 2 N–H and O–H groups in total. The molecule has 0 saturated heterocycles. The van der Waals surface area contributed by atoms with E-state index in [2.05, 4.69) is 4.98 Å². The molecule has 0 aromatic carbocycles. The molecular formula is C10H13N3O. The van der Waals surface area contributed by atoms with E-state index in [0.29, 0.717) is 23.9 Å². The lowest BCUT2D eigenvalue weighted by Gasteiger charge is -2.13. The van der Waals surface area contributed by atoms with Gasteiger partial charge in [-0.3, -0.25) is 4.79 Å². The normalized spacial score (nSPS) is 15.6. The molecule has 0 amide bonds. The maximum Gasteiger partial charge on any atom is 0.189 e. The fraction of sp³-hybridized carbons (Fsp3) is 0.400. The Morgan fingerprint density at radius 2 is 2.29 bits per heavy atom. The van der Waals surface area contributed by atoms with Gasteiger partial charge in [-0.2, -0.15) is 0 Å². The van der Waals surface area contributed by atoms with Crippen LogP contribution >= 0.6 is 0 Å². The zero-order chi connectivity index (χ0) is 10.3. The highest BCUT2D eigenvalue weighted by molar-refractivity contribution is 6.01. The summed E-state index contributed by atoms with van der Waals surface area (Å²) in [5, 5.41) is 0. The van der Waals surface area contributed by atoms with E-state index in [9.17, 15) is 4.79 Å². The number of ketones is 1. The molecule has 1 aromatic heterocycles. The highest BCUT2D eigenvalue weighted by atomic mass is 16.1. The quantitative estimate of drug-likeness (QED) is 0.728. The van der Waals surface area contributed by atoms with Crippen molar-refractivity contribution in [3.8, 4) is 0 Å². The Morgan fingerprint density at radius 3 is 2.93 bits per heavy atom. The molecular weight excluding hydrogens is 178 g/mol. The van der Waals surface area contributed by atoms with Crippen LogP contribution in [0.4, 0.5) is 0 Å². The third-order valence-corrected chi connectivity index (χ3v) is 2.34. The number of hydrogen-bond donors (Lipinski definition) is 1. The smallest absolute Gasteiger partial charge is 0.189 e.